The summed E-state index contributed by atoms with van der Waals surface area (Å²) < 4.78 is 0. The molecule has 1 N–H and O–H groups in total. The lowest BCUT2D eigenvalue weighted by atomic mass is 10.2. The van der Waals surface area contributed by atoms with Crippen LogP contribution in [-0.4, -0.2) is 56.9 Å². The number of carbonyl (C=O) groups excluding carboxylic acids is 1. The number of anilines is 2. The first kappa shape index (κ1) is 17.8. The van der Waals surface area contributed by atoms with Gasteiger partial charge >= 0.3 is 0 Å². The molecule has 0 spiro atoms. The van der Waals surface area contributed by atoms with E-state index in [1.54, 1.807) is 43.0 Å². The van der Waals surface area contributed by atoms with Gasteiger partial charge in [0.1, 0.15) is 5.82 Å². The Morgan fingerprint density at radius 1 is 0.893 bits per heavy atom. The zero-order chi connectivity index (χ0) is 19.2. The minimum Gasteiger partial charge on any atom is -0.364 e. The molecule has 0 radical (unpaired) electrons. The van der Waals surface area contributed by atoms with Crippen LogP contribution in [0.5, 0.6) is 0 Å². The molecule has 4 rings (SSSR count). The van der Waals surface area contributed by atoms with E-state index in [4.69, 9.17) is 0 Å². The highest BCUT2D eigenvalue weighted by atomic mass is 16.2. The van der Waals surface area contributed by atoms with E-state index in [2.05, 4.69) is 30.2 Å². The van der Waals surface area contributed by atoms with Crippen LogP contribution in [0, 0.1) is 0 Å². The van der Waals surface area contributed by atoms with E-state index in [-0.39, 0.29) is 5.91 Å². The van der Waals surface area contributed by atoms with E-state index >= 15 is 0 Å². The standard InChI is InChI=1S/C20H21N7O/c28-19(26-10-12-27(13-11-26)20-23-7-3-8-24-20)16-5-9-22-18(14-16)25-15-17-4-1-2-6-21-17/h1-9,14H,10-13,15H2,(H,22,25). The van der Waals surface area contributed by atoms with Gasteiger partial charge in [0.2, 0.25) is 5.95 Å². The van der Waals surface area contributed by atoms with Crippen LogP contribution in [0.3, 0.4) is 0 Å². The number of nitrogens with one attached hydrogen (secondary N) is 1. The van der Waals surface area contributed by atoms with Crippen molar-refractivity contribution in [2.24, 2.45) is 0 Å². The zero-order valence-electron chi connectivity index (χ0n) is 15.4. The van der Waals surface area contributed by atoms with Crippen LogP contribution in [0.1, 0.15) is 16.1 Å². The molecule has 3 aromatic heterocycles. The predicted octanol–water partition coefficient (Wildman–Crippen LogP) is 1.84. The number of amides is 1. The van der Waals surface area contributed by atoms with Crippen molar-refractivity contribution < 1.29 is 4.79 Å². The maximum atomic E-state index is 12.9. The molecule has 1 aliphatic heterocycles. The number of hydrogen-bond donors (Lipinski definition) is 1. The average molecular weight is 375 g/mol. The molecule has 142 valence electrons. The third-order valence-electron chi connectivity index (χ3n) is 4.59. The molecule has 8 heteroatoms. The second kappa shape index (κ2) is 8.43. The Kier molecular flexibility index (Phi) is 5.37. The Labute approximate surface area is 163 Å². The molecule has 0 bridgehead atoms. The number of pyridine rings is 2. The van der Waals surface area contributed by atoms with Gasteiger partial charge in [-0.15, -0.1) is 0 Å². The van der Waals surface area contributed by atoms with Crippen LogP contribution < -0.4 is 10.2 Å². The molecule has 8 nitrogen and oxygen atoms in total. The molecule has 3 aromatic rings. The minimum atomic E-state index is 0.0110. The topological polar surface area (TPSA) is 87.1 Å². The zero-order valence-corrected chi connectivity index (χ0v) is 15.4. The molecular formula is C20H21N7O. The Morgan fingerprint density at radius 3 is 2.43 bits per heavy atom. The molecule has 4 heterocycles. The highest BCUT2D eigenvalue weighted by molar-refractivity contribution is 5.95. The number of aromatic nitrogens is 4. The number of hydrogen-bond acceptors (Lipinski definition) is 7. The van der Waals surface area contributed by atoms with E-state index in [0.717, 1.165) is 5.69 Å². The molecule has 0 aliphatic carbocycles. The van der Waals surface area contributed by atoms with E-state index in [1.165, 1.54) is 0 Å². The fourth-order valence-electron chi connectivity index (χ4n) is 3.09. The van der Waals surface area contributed by atoms with Gasteiger partial charge in [0.05, 0.1) is 12.2 Å². The Balaban J connectivity index is 1.36. The van der Waals surface area contributed by atoms with Gasteiger partial charge in [0.15, 0.2) is 0 Å². The van der Waals surface area contributed by atoms with E-state index in [1.807, 2.05) is 23.1 Å². The summed E-state index contributed by atoms with van der Waals surface area (Å²) >= 11 is 0. The van der Waals surface area contributed by atoms with Crippen LogP contribution in [0.4, 0.5) is 11.8 Å². The molecule has 0 atom stereocenters. The Hall–Kier alpha value is -3.55. The SMILES string of the molecule is O=C(c1ccnc(NCc2ccccn2)c1)N1CCN(c2ncccn2)CC1. The summed E-state index contributed by atoms with van der Waals surface area (Å²) in [6, 6.07) is 11.1. The van der Waals surface area contributed by atoms with Crippen molar-refractivity contribution in [3.63, 3.8) is 0 Å². The van der Waals surface area contributed by atoms with Crippen molar-refractivity contribution in [3.8, 4) is 0 Å². The summed E-state index contributed by atoms with van der Waals surface area (Å²) in [6.45, 7) is 3.25. The maximum Gasteiger partial charge on any atom is 0.254 e. The first-order valence-corrected chi connectivity index (χ1v) is 9.21. The van der Waals surface area contributed by atoms with Crippen LogP contribution in [0.25, 0.3) is 0 Å². The van der Waals surface area contributed by atoms with Gasteiger partial charge in [0, 0.05) is 56.5 Å². The molecule has 0 aromatic carbocycles. The van der Waals surface area contributed by atoms with Crippen molar-refractivity contribution in [1.29, 1.82) is 0 Å². The lowest BCUT2D eigenvalue weighted by Crippen LogP contribution is -2.49. The van der Waals surface area contributed by atoms with Gasteiger partial charge in [-0.3, -0.25) is 9.78 Å². The summed E-state index contributed by atoms with van der Waals surface area (Å²) in [5.74, 6) is 1.38. The summed E-state index contributed by atoms with van der Waals surface area (Å²) in [4.78, 5) is 34.0. The van der Waals surface area contributed by atoms with Crippen LogP contribution in [-0.2, 0) is 6.54 Å². The second-order valence-electron chi connectivity index (χ2n) is 6.43. The predicted molar refractivity (Wildman–Crippen MR) is 106 cm³/mol. The van der Waals surface area contributed by atoms with Crippen molar-refractivity contribution in [1.82, 2.24) is 24.8 Å². The van der Waals surface area contributed by atoms with Crippen molar-refractivity contribution in [3.05, 3.63) is 72.4 Å². The number of carbonyl (C=O) groups is 1. The van der Waals surface area contributed by atoms with Crippen LogP contribution in [0.2, 0.25) is 0 Å². The smallest absolute Gasteiger partial charge is 0.254 e. The molecule has 1 aliphatic rings. The monoisotopic (exact) mass is 375 g/mol. The van der Waals surface area contributed by atoms with Gasteiger partial charge < -0.3 is 15.1 Å². The van der Waals surface area contributed by atoms with Gasteiger partial charge in [-0.1, -0.05) is 6.07 Å². The molecule has 0 saturated carbocycles. The average Bonchev–Trinajstić information content (AvgIpc) is 2.79. The maximum absolute atomic E-state index is 12.9. The molecule has 0 unspecified atom stereocenters. The van der Waals surface area contributed by atoms with Crippen molar-refractivity contribution in [2.75, 3.05) is 36.4 Å². The molecular weight excluding hydrogens is 354 g/mol. The lowest BCUT2D eigenvalue weighted by Gasteiger charge is -2.34. The molecule has 1 amide bonds. The first-order valence-electron chi connectivity index (χ1n) is 9.21. The fraction of sp³-hybridized carbons (Fsp3) is 0.250. The number of piperazine rings is 1. The van der Waals surface area contributed by atoms with E-state index < -0.39 is 0 Å². The lowest BCUT2D eigenvalue weighted by molar-refractivity contribution is 0.0746. The third-order valence-corrected chi connectivity index (χ3v) is 4.59. The summed E-state index contributed by atoms with van der Waals surface area (Å²) in [5.41, 5.74) is 1.54. The highest BCUT2D eigenvalue weighted by Crippen LogP contribution is 2.14. The van der Waals surface area contributed by atoms with Crippen molar-refractivity contribution >= 4 is 17.7 Å². The third kappa shape index (κ3) is 4.22. The quantitative estimate of drug-likeness (QED) is 0.728. The summed E-state index contributed by atoms with van der Waals surface area (Å²) in [7, 11) is 0. The van der Waals surface area contributed by atoms with E-state index in [9.17, 15) is 4.79 Å². The fourth-order valence-corrected chi connectivity index (χ4v) is 3.09. The Morgan fingerprint density at radius 2 is 1.68 bits per heavy atom. The Bertz CT molecular complexity index is 912. The highest BCUT2D eigenvalue weighted by Gasteiger charge is 2.23. The van der Waals surface area contributed by atoms with Gasteiger partial charge in [-0.05, 0) is 30.3 Å². The number of rotatable bonds is 5. The van der Waals surface area contributed by atoms with Gasteiger partial charge in [0.25, 0.3) is 5.91 Å². The molecule has 1 fully saturated rings. The summed E-state index contributed by atoms with van der Waals surface area (Å²) in [6.07, 6.45) is 6.87. The summed E-state index contributed by atoms with van der Waals surface area (Å²) in [5, 5.41) is 3.22. The van der Waals surface area contributed by atoms with Gasteiger partial charge in [-0.25, -0.2) is 15.0 Å². The normalized spacial score (nSPS) is 14.0. The minimum absolute atomic E-state index is 0.0110. The van der Waals surface area contributed by atoms with Gasteiger partial charge in [-0.2, -0.15) is 0 Å². The van der Waals surface area contributed by atoms with Crippen LogP contribution in [0.15, 0.2) is 61.2 Å². The van der Waals surface area contributed by atoms with Crippen molar-refractivity contribution in [2.45, 2.75) is 6.54 Å². The van der Waals surface area contributed by atoms with E-state index in [0.29, 0.717) is 50.1 Å². The number of nitrogens with zero attached hydrogens (tertiary/aromatic N) is 6. The molecule has 1 saturated heterocycles. The van der Waals surface area contributed by atoms with Crippen LogP contribution >= 0.6 is 0 Å². The largest absolute Gasteiger partial charge is 0.364 e. The second-order valence-corrected chi connectivity index (χ2v) is 6.43. The first-order chi connectivity index (χ1) is 13.8. The molecule has 28 heavy (non-hydrogen) atoms.